The number of hydrogen-bond acceptors (Lipinski definition) is 3. The fourth-order valence-electron chi connectivity index (χ4n) is 4.66. The van der Waals surface area contributed by atoms with Crippen LogP contribution in [0.4, 0.5) is 31.1 Å². The lowest BCUT2D eigenvalue weighted by molar-refractivity contribution is -0.374. The van der Waals surface area contributed by atoms with Gasteiger partial charge >= 0.3 is 24.1 Å². The number of carbonyl (C=O) groups excluding carboxylic acids is 1. The molecule has 0 aromatic rings. The van der Waals surface area contributed by atoms with Crippen LogP contribution in [-0.2, 0) is 9.47 Å². The zero-order valence-electron chi connectivity index (χ0n) is 16.0. The normalized spacial score (nSPS) is 31.9. The first-order valence-electron chi connectivity index (χ1n) is 9.04. The quantitative estimate of drug-likeness (QED) is 0.420. The molecule has 2 aliphatic rings. The van der Waals surface area contributed by atoms with Gasteiger partial charge in [0.1, 0.15) is 5.60 Å². The summed E-state index contributed by atoms with van der Waals surface area (Å²) in [7, 11) is 0. The highest BCUT2D eigenvalue weighted by Crippen LogP contribution is 2.60. The van der Waals surface area contributed by atoms with E-state index < -0.39 is 42.0 Å². The second-order valence-electron chi connectivity index (χ2n) is 8.97. The molecule has 0 heterocycles. The molecule has 2 fully saturated rings. The lowest BCUT2D eigenvalue weighted by Crippen LogP contribution is -2.61. The zero-order valence-corrected chi connectivity index (χ0v) is 16.0. The highest BCUT2D eigenvalue weighted by atomic mass is 19.4. The van der Waals surface area contributed by atoms with Gasteiger partial charge in [-0.1, -0.05) is 13.8 Å². The van der Waals surface area contributed by atoms with Crippen LogP contribution < -0.4 is 0 Å². The molecule has 0 N–H and O–H groups in total. The minimum Gasteiger partial charge on any atom is -0.429 e. The second-order valence-corrected chi connectivity index (χ2v) is 8.97. The molecule has 0 aliphatic heterocycles. The predicted molar refractivity (Wildman–Crippen MR) is 84.8 cm³/mol. The van der Waals surface area contributed by atoms with E-state index in [2.05, 4.69) is 9.47 Å². The van der Waals surface area contributed by atoms with Crippen molar-refractivity contribution in [2.24, 2.45) is 29.6 Å². The minimum atomic E-state index is -5.81. The van der Waals surface area contributed by atoms with E-state index >= 15 is 0 Å². The highest BCUT2D eigenvalue weighted by Gasteiger charge is 2.75. The number of hydrogen-bond donors (Lipinski definition) is 0. The summed E-state index contributed by atoms with van der Waals surface area (Å²) in [4.78, 5) is 11.8. The molecule has 158 valence electrons. The van der Waals surface area contributed by atoms with Gasteiger partial charge in [-0.3, -0.25) is 0 Å². The molecule has 2 rings (SSSR count). The van der Waals surface area contributed by atoms with Gasteiger partial charge in [0.05, 0.1) is 0 Å². The Kier molecular flexibility index (Phi) is 5.51. The van der Waals surface area contributed by atoms with E-state index in [-0.39, 0.29) is 30.1 Å². The van der Waals surface area contributed by atoms with Crippen molar-refractivity contribution in [3.8, 4) is 0 Å². The number of carbonyl (C=O) groups is 1. The summed E-state index contributed by atoms with van der Waals surface area (Å²) in [6.07, 6.45) is -14.0. The molecule has 2 aliphatic carbocycles. The molecule has 5 unspecified atom stereocenters. The Labute approximate surface area is 154 Å². The van der Waals surface area contributed by atoms with Crippen LogP contribution in [0.1, 0.15) is 53.9 Å². The summed E-state index contributed by atoms with van der Waals surface area (Å²) in [6.45, 7) is 7.82. The van der Waals surface area contributed by atoms with Gasteiger partial charge in [0.25, 0.3) is 0 Å². The molecule has 0 radical (unpaired) electrons. The monoisotopic (exact) mass is 404 g/mol. The van der Waals surface area contributed by atoms with Crippen molar-refractivity contribution in [3.05, 3.63) is 0 Å². The fraction of sp³-hybridized carbons (Fsp3) is 0.944. The van der Waals surface area contributed by atoms with E-state index in [9.17, 15) is 31.1 Å². The smallest absolute Gasteiger partial charge is 0.429 e. The Balaban J connectivity index is 2.34. The topological polar surface area (TPSA) is 35.5 Å². The molecular formula is C18H26F6O3. The van der Waals surface area contributed by atoms with E-state index in [1.807, 2.05) is 13.8 Å². The van der Waals surface area contributed by atoms with Crippen LogP contribution in [0.15, 0.2) is 0 Å². The average Bonchev–Trinajstić information content (AvgIpc) is 2.94. The summed E-state index contributed by atoms with van der Waals surface area (Å²) in [5.74, 6) is -0.641. The molecular weight excluding hydrogens is 378 g/mol. The molecule has 0 aromatic heterocycles. The van der Waals surface area contributed by atoms with Crippen molar-refractivity contribution in [2.75, 3.05) is 0 Å². The molecule has 0 aromatic carbocycles. The first-order chi connectivity index (χ1) is 12.0. The van der Waals surface area contributed by atoms with Gasteiger partial charge in [-0.05, 0) is 63.2 Å². The zero-order chi connectivity index (χ0) is 21.0. The first-order valence-corrected chi connectivity index (χ1v) is 9.04. The van der Waals surface area contributed by atoms with Crippen molar-refractivity contribution < 1.29 is 40.6 Å². The Hall–Kier alpha value is -1.15. The lowest BCUT2D eigenvalue weighted by atomic mass is 9.71. The number of halogens is 6. The third kappa shape index (κ3) is 4.16. The maximum atomic E-state index is 13.7. The first kappa shape index (κ1) is 22.1. The van der Waals surface area contributed by atoms with Crippen LogP contribution in [0.25, 0.3) is 0 Å². The number of rotatable bonds is 3. The summed E-state index contributed by atoms with van der Waals surface area (Å²) in [5.41, 5.74) is -5.85. The van der Waals surface area contributed by atoms with Crippen LogP contribution >= 0.6 is 0 Å². The standard InChI is InChI=1S/C18H26F6O3/c1-9-10(2)13-7-11(9)6-12(13)8-16(17(19,20)21,18(22,23)24)27-14(25)26-15(3,4)5/h9-13H,6-8H2,1-5H3. The summed E-state index contributed by atoms with van der Waals surface area (Å²) in [5, 5.41) is 0. The van der Waals surface area contributed by atoms with Crippen LogP contribution in [0, 0.1) is 29.6 Å². The van der Waals surface area contributed by atoms with Gasteiger partial charge < -0.3 is 9.47 Å². The van der Waals surface area contributed by atoms with E-state index in [0.29, 0.717) is 6.42 Å². The molecule has 9 heteroatoms. The van der Waals surface area contributed by atoms with E-state index in [1.54, 1.807) is 0 Å². The minimum absolute atomic E-state index is 0.0365. The molecule has 0 amide bonds. The second kappa shape index (κ2) is 6.72. The van der Waals surface area contributed by atoms with E-state index in [0.717, 1.165) is 0 Å². The molecule has 27 heavy (non-hydrogen) atoms. The SMILES string of the molecule is CC1C2CC(CC(OC(=O)OC(C)(C)C)(C(F)(F)F)C(F)(F)F)C(C2)C1C. The van der Waals surface area contributed by atoms with Crippen LogP contribution in [0.3, 0.4) is 0 Å². The highest BCUT2D eigenvalue weighted by molar-refractivity contribution is 5.61. The summed E-state index contributed by atoms with van der Waals surface area (Å²) < 4.78 is 90.7. The lowest BCUT2D eigenvalue weighted by Gasteiger charge is -2.41. The van der Waals surface area contributed by atoms with Gasteiger partial charge in [-0.25, -0.2) is 4.79 Å². The van der Waals surface area contributed by atoms with Crippen LogP contribution in [-0.4, -0.2) is 29.7 Å². The average molecular weight is 404 g/mol. The molecule has 2 bridgehead atoms. The molecule has 0 saturated heterocycles. The van der Waals surface area contributed by atoms with Crippen LogP contribution in [0.2, 0.25) is 0 Å². The Morgan fingerprint density at radius 3 is 1.78 bits per heavy atom. The third-order valence-corrected chi connectivity index (χ3v) is 6.15. The summed E-state index contributed by atoms with van der Waals surface area (Å²) >= 11 is 0. The third-order valence-electron chi connectivity index (χ3n) is 6.15. The van der Waals surface area contributed by atoms with Gasteiger partial charge in [0, 0.05) is 6.42 Å². The maximum Gasteiger partial charge on any atom is 0.510 e. The summed E-state index contributed by atoms with van der Waals surface area (Å²) in [6, 6.07) is 0. The van der Waals surface area contributed by atoms with E-state index in [4.69, 9.17) is 0 Å². The van der Waals surface area contributed by atoms with Crippen molar-refractivity contribution in [2.45, 2.75) is 77.4 Å². The largest absolute Gasteiger partial charge is 0.510 e. The van der Waals surface area contributed by atoms with Crippen molar-refractivity contribution in [1.82, 2.24) is 0 Å². The number of alkyl halides is 6. The molecule has 2 saturated carbocycles. The van der Waals surface area contributed by atoms with Crippen molar-refractivity contribution in [1.29, 1.82) is 0 Å². The van der Waals surface area contributed by atoms with Crippen molar-refractivity contribution >= 4 is 6.16 Å². The van der Waals surface area contributed by atoms with Gasteiger partial charge in [0.15, 0.2) is 0 Å². The van der Waals surface area contributed by atoms with E-state index in [1.165, 1.54) is 20.8 Å². The van der Waals surface area contributed by atoms with Crippen molar-refractivity contribution in [3.63, 3.8) is 0 Å². The van der Waals surface area contributed by atoms with Gasteiger partial charge in [0.2, 0.25) is 0 Å². The molecule has 5 atom stereocenters. The van der Waals surface area contributed by atoms with Crippen LogP contribution in [0.5, 0.6) is 0 Å². The molecule has 3 nitrogen and oxygen atoms in total. The fourth-order valence-corrected chi connectivity index (χ4v) is 4.66. The van der Waals surface area contributed by atoms with Gasteiger partial charge in [-0.15, -0.1) is 0 Å². The number of ether oxygens (including phenoxy) is 2. The Bertz CT molecular complexity index is 547. The molecule has 0 spiro atoms. The predicted octanol–water partition coefficient (Wildman–Crippen LogP) is 6.12. The Morgan fingerprint density at radius 2 is 1.41 bits per heavy atom. The maximum absolute atomic E-state index is 13.7. The Morgan fingerprint density at radius 1 is 0.889 bits per heavy atom. The number of fused-ring (bicyclic) bond motifs is 2. The van der Waals surface area contributed by atoms with Gasteiger partial charge in [-0.2, -0.15) is 26.3 Å².